The van der Waals surface area contributed by atoms with Gasteiger partial charge in [0.05, 0.1) is 18.6 Å². The second-order valence-electron chi connectivity index (χ2n) is 5.65. The van der Waals surface area contributed by atoms with E-state index in [9.17, 15) is 13.6 Å². The molecule has 2 fully saturated rings. The molecule has 2 heterocycles. The fourth-order valence-corrected chi connectivity index (χ4v) is 2.93. The highest BCUT2D eigenvalue weighted by Crippen LogP contribution is 2.43. The Morgan fingerprint density at radius 1 is 1.41 bits per heavy atom. The summed E-state index contributed by atoms with van der Waals surface area (Å²) in [6, 6.07) is 8.40. The first-order chi connectivity index (χ1) is 10.5. The first kappa shape index (κ1) is 15.2. The maximum atomic E-state index is 14.7. The van der Waals surface area contributed by atoms with Crippen molar-refractivity contribution < 1.29 is 28.2 Å². The highest BCUT2D eigenvalue weighted by Gasteiger charge is 2.59. The molecule has 4 atom stereocenters. The molecule has 3 rings (SSSR count). The van der Waals surface area contributed by atoms with Gasteiger partial charge in [0.2, 0.25) is 0 Å². The Morgan fingerprint density at radius 2 is 2.14 bits per heavy atom. The molecule has 0 unspecified atom stereocenters. The molecule has 1 aromatic carbocycles. The van der Waals surface area contributed by atoms with Crippen LogP contribution in [0.2, 0.25) is 0 Å². The van der Waals surface area contributed by atoms with E-state index in [1.54, 1.807) is 30.3 Å². The van der Waals surface area contributed by atoms with Crippen molar-refractivity contribution in [3.8, 4) is 0 Å². The second-order valence-corrected chi connectivity index (χ2v) is 5.65. The number of benzene rings is 1. The van der Waals surface area contributed by atoms with Gasteiger partial charge in [-0.15, -0.1) is 0 Å². The Labute approximate surface area is 126 Å². The van der Waals surface area contributed by atoms with Crippen LogP contribution in [0.25, 0.3) is 0 Å². The second kappa shape index (κ2) is 5.81. The molecule has 2 N–H and O–H groups in total. The fourth-order valence-electron chi connectivity index (χ4n) is 2.93. The van der Waals surface area contributed by atoms with E-state index < -0.39 is 30.5 Å². The summed E-state index contributed by atoms with van der Waals surface area (Å²) in [5.41, 5.74) is 0.499. The first-order valence-corrected chi connectivity index (χ1v) is 7.13. The average molecular weight is 313 g/mol. The summed E-state index contributed by atoms with van der Waals surface area (Å²) in [5.74, 6) is -4.36. The zero-order valence-corrected chi connectivity index (χ0v) is 11.7. The van der Waals surface area contributed by atoms with Gasteiger partial charge in [-0.25, -0.2) is 13.6 Å². The SMILES string of the molecule is O=C(O)NC[C@@H]([C@H]1OC[C@@H]2O[C@H]12)C(F)(F)Cc1ccccc1. The number of ether oxygens (including phenoxy) is 2. The molecule has 0 bridgehead atoms. The van der Waals surface area contributed by atoms with Gasteiger partial charge in [0.1, 0.15) is 12.2 Å². The molecule has 2 saturated heterocycles. The van der Waals surface area contributed by atoms with Crippen LogP contribution in [0.4, 0.5) is 13.6 Å². The number of halogens is 2. The Bertz CT molecular complexity index is 540. The van der Waals surface area contributed by atoms with Crippen LogP contribution in [0.15, 0.2) is 30.3 Å². The van der Waals surface area contributed by atoms with Crippen molar-refractivity contribution >= 4 is 6.09 Å². The highest BCUT2D eigenvalue weighted by molar-refractivity contribution is 5.64. The lowest BCUT2D eigenvalue weighted by Gasteiger charge is -2.31. The van der Waals surface area contributed by atoms with Crippen LogP contribution in [0, 0.1) is 5.92 Å². The van der Waals surface area contributed by atoms with Crippen molar-refractivity contribution in [2.45, 2.75) is 30.7 Å². The molecule has 0 radical (unpaired) electrons. The molecule has 1 aromatic rings. The van der Waals surface area contributed by atoms with Gasteiger partial charge in [0.25, 0.3) is 5.92 Å². The first-order valence-electron chi connectivity index (χ1n) is 7.13. The van der Waals surface area contributed by atoms with E-state index in [1.165, 1.54) is 0 Å². The van der Waals surface area contributed by atoms with Crippen molar-refractivity contribution in [1.82, 2.24) is 5.32 Å². The molecular formula is C15H17F2NO4. The van der Waals surface area contributed by atoms with Crippen LogP contribution in [0.5, 0.6) is 0 Å². The topological polar surface area (TPSA) is 71.1 Å². The van der Waals surface area contributed by atoms with E-state index in [2.05, 4.69) is 5.32 Å². The van der Waals surface area contributed by atoms with Crippen LogP contribution in [0.3, 0.4) is 0 Å². The van der Waals surface area contributed by atoms with E-state index in [1.807, 2.05) is 0 Å². The summed E-state index contributed by atoms with van der Waals surface area (Å²) in [7, 11) is 0. The highest BCUT2D eigenvalue weighted by atomic mass is 19.3. The zero-order chi connectivity index (χ0) is 15.7. The molecule has 0 saturated carbocycles. The van der Waals surface area contributed by atoms with Crippen LogP contribution in [0.1, 0.15) is 5.56 Å². The average Bonchev–Trinajstić information content (AvgIpc) is 3.13. The Hall–Kier alpha value is -1.73. The van der Waals surface area contributed by atoms with E-state index in [0.29, 0.717) is 12.2 Å². The van der Waals surface area contributed by atoms with Crippen LogP contribution in [-0.4, -0.2) is 48.6 Å². The Kier molecular flexibility index (Phi) is 4.01. The summed E-state index contributed by atoms with van der Waals surface area (Å²) in [5, 5.41) is 10.8. The van der Waals surface area contributed by atoms with Crippen molar-refractivity contribution in [1.29, 1.82) is 0 Å². The van der Waals surface area contributed by atoms with Gasteiger partial charge in [-0.05, 0) is 5.56 Å². The predicted octanol–water partition coefficient (Wildman–Crippen LogP) is 1.91. The number of rotatable bonds is 6. The minimum atomic E-state index is -3.10. The molecular weight excluding hydrogens is 296 g/mol. The van der Waals surface area contributed by atoms with Crippen molar-refractivity contribution in [3.63, 3.8) is 0 Å². The number of fused-ring (bicyclic) bond motifs is 1. The van der Waals surface area contributed by atoms with Gasteiger partial charge in [0.15, 0.2) is 0 Å². The van der Waals surface area contributed by atoms with Crippen molar-refractivity contribution in [2.24, 2.45) is 5.92 Å². The third-order valence-corrected chi connectivity index (χ3v) is 4.09. The number of epoxide rings is 1. The summed E-state index contributed by atoms with van der Waals surface area (Å²) in [6.07, 6.45) is -3.04. The summed E-state index contributed by atoms with van der Waals surface area (Å²) < 4.78 is 40.1. The summed E-state index contributed by atoms with van der Waals surface area (Å²) >= 11 is 0. The van der Waals surface area contributed by atoms with Crippen LogP contribution < -0.4 is 5.32 Å². The van der Waals surface area contributed by atoms with Gasteiger partial charge in [-0.1, -0.05) is 30.3 Å². The molecule has 22 heavy (non-hydrogen) atoms. The molecule has 2 aliphatic heterocycles. The maximum Gasteiger partial charge on any atom is 0.404 e. The third-order valence-electron chi connectivity index (χ3n) is 4.09. The minimum Gasteiger partial charge on any atom is -0.465 e. The molecule has 0 aromatic heterocycles. The monoisotopic (exact) mass is 313 g/mol. The lowest BCUT2D eigenvalue weighted by molar-refractivity contribution is -0.123. The fraction of sp³-hybridized carbons (Fsp3) is 0.533. The summed E-state index contributed by atoms with van der Waals surface area (Å²) in [6.45, 7) is -0.0767. The van der Waals surface area contributed by atoms with Crippen molar-refractivity contribution in [2.75, 3.05) is 13.2 Å². The Morgan fingerprint density at radius 3 is 2.68 bits per heavy atom. The number of hydrogen-bond donors (Lipinski definition) is 2. The smallest absolute Gasteiger partial charge is 0.404 e. The van der Waals surface area contributed by atoms with Gasteiger partial charge in [-0.2, -0.15) is 0 Å². The quantitative estimate of drug-likeness (QED) is 0.787. The van der Waals surface area contributed by atoms with Crippen LogP contribution >= 0.6 is 0 Å². The van der Waals surface area contributed by atoms with E-state index in [0.717, 1.165) is 0 Å². The number of hydrogen-bond acceptors (Lipinski definition) is 3. The van der Waals surface area contributed by atoms with Gasteiger partial charge < -0.3 is 19.9 Å². The predicted molar refractivity (Wildman–Crippen MR) is 73.0 cm³/mol. The molecule has 2 aliphatic rings. The molecule has 0 aliphatic carbocycles. The number of carboxylic acid groups (broad SMARTS) is 1. The number of amides is 1. The normalized spacial score (nSPS) is 28.0. The lowest BCUT2D eigenvalue weighted by atomic mass is 9.88. The molecule has 0 spiro atoms. The van der Waals surface area contributed by atoms with E-state index in [-0.39, 0.29) is 18.8 Å². The van der Waals surface area contributed by atoms with Gasteiger partial charge in [-0.3, -0.25) is 0 Å². The molecule has 120 valence electrons. The molecule has 1 amide bonds. The Balaban J connectivity index is 1.75. The van der Waals surface area contributed by atoms with Gasteiger partial charge >= 0.3 is 6.09 Å². The van der Waals surface area contributed by atoms with Crippen molar-refractivity contribution in [3.05, 3.63) is 35.9 Å². The van der Waals surface area contributed by atoms with Gasteiger partial charge in [0, 0.05) is 13.0 Å². The third kappa shape index (κ3) is 3.20. The number of alkyl halides is 2. The standard InChI is InChI=1S/C15H17F2NO4/c16-15(17,6-9-4-2-1-3-5-9)10(7-18-14(19)20)12-13-11(22-13)8-21-12/h1-5,10-13,18H,6-8H2,(H,19,20)/t10-,11-,12+,13-/m0/s1. The number of nitrogens with one attached hydrogen (secondary N) is 1. The van der Waals surface area contributed by atoms with Crippen LogP contribution in [-0.2, 0) is 15.9 Å². The minimum absolute atomic E-state index is 0.121. The largest absolute Gasteiger partial charge is 0.465 e. The lowest BCUT2D eigenvalue weighted by Crippen LogP contribution is -2.48. The maximum absolute atomic E-state index is 14.7. The molecule has 7 heteroatoms. The molecule has 5 nitrogen and oxygen atoms in total. The van der Waals surface area contributed by atoms with E-state index >= 15 is 0 Å². The zero-order valence-electron chi connectivity index (χ0n) is 11.7. The summed E-state index contributed by atoms with van der Waals surface area (Å²) in [4.78, 5) is 10.7. The number of carbonyl (C=O) groups is 1. The van der Waals surface area contributed by atoms with E-state index in [4.69, 9.17) is 14.6 Å².